The largest absolute Gasteiger partial charge is 0.232 e. The Bertz CT molecular complexity index is 1370. The van der Waals surface area contributed by atoms with Crippen LogP contribution in [0.25, 0.3) is 28.2 Å². The monoisotopic (exact) mass is 433 g/mol. The number of aromatic nitrogens is 2. The number of sulfone groups is 1. The van der Waals surface area contributed by atoms with Gasteiger partial charge >= 0.3 is 0 Å². The maximum Gasteiger partial charge on any atom is 0.175 e. The minimum absolute atomic E-state index is 0.232. The van der Waals surface area contributed by atoms with Gasteiger partial charge in [0.25, 0.3) is 0 Å². The molecule has 0 saturated carbocycles. The number of rotatable bonds is 4. The van der Waals surface area contributed by atoms with Crippen molar-refractivity contribution in [1.29, 1.82) is 5.26 Å². The highest BCUT2D eigenvalue weighted by Crippen LogP contribution is 2.31. The van der Waals surface area contributed by atoms with E-state index in [-0.39, 0.29) is 4.90 Å². The average Bonchev–Trinajstić information content (AvgIpc) is 3.19. The second-order valence-corrected chi connectivity index (χ2v) is 9.21. The van der Waals surface area contributed by atoms with Gasteiger partial charge < -0.3 is 0 Å². The molecular weight excluding hydrogens is 418 g/mol. The van der Waals surface area contributed by atoms with Crippen molar-refractivity contribution in [3.8, 4) is 34.3 Å². The standard InChI is InChI=1S/C23H16ClN3O2S/c1-30(28,29)20-12-10-19(11-13-20)27-23(21-5-3-2-4-17(21)15-25)14-22(26-27)16-6-8-18(24)9-7-16/h2-14H,1H3. The molecule has 0 N–H and O–H groups in total. The molecule has 0 spiro atoms. The molecule has 0 aliphatic carbocycles. The second-order valence-electron chi connectivity index (χ2n) is 6.76. The summed E-state index contributed by atoms with van der Waals surface area (Å²) in [6.45, 7) is 0. The summed E-state index contributed by atoms with van der Waals surface area (Å²) >= 11 is 6.01. The average molecular weight is 434 g/mol. The fourth-order valence-corrected chi connectivity index (χ4v) is 3.93. The van der Waals surface area contributed by atoms with Crippen molar-refractivity contribution in [2.24, 2.45) is 0 Å². The molecule has 30 heavy (non-hydrogen) atoms. The number of hydrogen-bond donors (Lipinski definition) is 0. The molecule has 0 radical (unpaired) electrons. The Morgan fingerprint density at radius 3 is 2.27 bits per heavy atom. The van der Waals surface area contributed by atoms with Crippen molar-refractivity contribution < 1.29 is 8.42 Å². The van der Waals surface area contributed by atoms with Crippen molar-refractivity contribution in [2.45, 2.75) is 4.90 Å². The summed E-state index contributed by atoms with van der Waals surface area (Å²) in [5.74, 6) is 0. The Kier molecular flexibility index (Phi) is 5.17. The molecule has 0 atom stereocenters. The fourth-order valence-electron chi connectivity index (χ4n) is 3.17. The Morgan fingerprint density at radius 2 is 1.63 bits per heavy atom. The van der Waals surface area contributed by atoms with E-state index in [1.165, 1.54) is 6.26 Å². The number of nitrogens with zero attached hydrogens (tertiary/aromatic N) is 3. The third-order valence-electron chi connectivity index (χ3n) is 4.68. The lowest BCUT2D eigenvalue weighted by atomic mass is 10.0. The number of hydrogen-bond acceptors (Lipinski definition) is 4. The Balaban J connectivity index is 1.92. The van der Waals surface area contributed by atoms with Gasteiger partial charge in [-0.25, -0.2) is 13.1 Å². The van der Waals surface area contributed by atoms with E-state index < -0.39 is 9.84 Å². The lowest BCUT2D eigenvalue weighted by Crippen LogP contribution is -2.02. The summed E-state index contributed by atoms with van der Waals surface area (Å²) in [4.78, 5) is 0.232. The number of halogens is 1. The van der Waals surface area contributed by atoms with E-state index in [0.29, 0.717) is 22.0 Å². The van der Waals surface area contributed by atoms with Crippen molar-refractivity contribution >= 4 is 21.4 Å². The van der Waals surface area contributed by atoms with Gasteiger partial charge in [0.2, 0.25) is 0 Å². The maximum absolute atomic E-state index is 11.8. The van der Waals surface area contributed by atoms with Crippen LogP contribution in [0.1, 0.15) is 5.56 Å². The molecule has 1 heterocycles. The van der Waals surface area contributed by atoms with Gasteiger partial charge in [-0.05, 0) is 48.5 Å². The van der Waals surface area contributed by atoms with Gasteiger partial charge in [-0.2, -0.15) is 10.4 Å². The quantitative estimate of drug-likeness (QED) is 0.446. The van der Waals surface area contributed by atoms with E-state index in [1.807, 2.05) is 36.4 Å². The molecule has 0 saturated heterocycles. The zero-order chi connectivity index (χ0) is 21.3. The van der Waals surface area contributed by atoms with Gasteiger partial charge in [0.15, 0.2) is 9.84 Å². The van der Waals surface area contributed by atoms with Crippen LogP contribution in [-0.4, -0.2) is 24.5 Å². The highest BCUT2D eigenvalue weighted by atomic mass is 35.5. The van der Waals surface area contributed by atoms with Gasteiger partial charge in [-0.1, -0.05) is 41.9 Å². The molecule has 148 valence electrons. The molecular formula is C23H16ClN3O2S. The zero-order valence-corrected chi connectivity index (χ0v) is 17.5. The lowest BCUT2D eigenvalue weighted by molar-refractivity contribution is 0.602. The van der Waals surface area contributed by atoms with Crippen LogP contribution in [0, 0.1) is 11.3 Å². The molecule has 0 fully saturated rings. The molecule has 0 unspecified atom stereocenters. The van der Waals surface area contributed by atoms with E-state index in [1.54, 1.807) is 47.1 Å². The van der Waals surface area contributed by atoms with Crippen molar-refractivity contribution in [3.05, 3.63) is 89.4 Å². The maximum atomic E-state index is 11.8. The normalized spacial score (nSPS) is 11.2. The van der Waals surface area contributed by atoms with Crippen molar-refractivity contribution in [3.63, 3.8) is 0 Å². The summed E-state index contributed by atoms with van der Waals surface area (Å²) in [5.41, 5.74) is 4.26. The Labute approximate surface area is 179 Å². The topological polar surface area (TPSA) is 75.8 Å². The third-order valence-corrected chi connectivity index (χ3v) is 6.06. The molecule has 1 aromatic heterocycles. The first-order valence-corrected chi connectivity index (χ1v) is 11.3. The van der Waals surface area contributed by atoms with E-state index >= 15 is 0 Å². The molecule has 0 aliphatic heterocycles. The van der Waals surface area contributed by atoms with Gasteiger partial charge in [0.1, 0.15) is 0 Å². The molecule has 0 aliphatic rings. The third kappa shape index (κ3) is 3.86. The van der Waals surface area contributed by atoms with Gasteiger partial charge in [0, 0.05) is 22.4 Å². The molecule has 0 bridgehead atoms. The van der Waals surface area contributed by atoms with E-state index in [9.17, 15) is 13.7 Å². The van der Waals surface area contributed by atoms with E-state index in [4.69, 9.17) is 16.7 Å². The van der Waals surface area contributed by atoms with Crippen LogP contribution >= 0.6 is 11.6 Å². The van der Waals surface area contributed by atoms with Crippen molar-refractivity contribution in [1.82, 2.24) is 9.78 Å². The minimum Gasteiger partial charge on any atom is -0.232 e. The molecule has 5 nitrogen and oxygen atoms in total. The van der Waals surface area contributed by atoms with Crippen LogP contribution < -0.4 is 0 Å². The molecule has 0 amide bonds. The van der Waals surface area contributed by atoms with Crippen molar-refractivity contribution in [2.75, 3.05) is 6.26 Å². The fraction of sp³-hybridized carbons (Fsp3) is 0.0435. The summed E-state index contributed by atoms with van der Waals surface area (Å²) < 4.78 is 25.3. The smallest absolute Gasteiger partial charge is 0.175 e. The van der Waals surface area contributed by atoms with Crippen LogP contribution in [0.2, 0.25) is 5.02 Å². The SMILES string of the molecule is CS(=O)(=O)c1ccc(-n2nc(-c3ccc(Cl)cc3)cc2-c2ccccc2C#N)cc1. The van der Waals surface area contributed by atoms with Crippen LogP contribution in [0.4, 0.5) is 0 Å². The first-order valence-electron chi connectivity index (χ1n) is 9.03. The van der Waals surface area contributed by atoms with Crippen LogP contribution in [0.3, 0.4) is 0 Å². The van der Waals surface area contributed by atoms with Gasteiger partial charge in [-0.3, -0.25) is 0 Å². The Hall–Kier alpha value is -3.40. The van der Waals surface area contributed by atoms with E-state index in [0.717, 1.165) is 16.8 Å². The van der Waals surface area contributed by atoms with Gasteiger partial charge in [-0.15, -0.1) is 0 Å². The summed E-state index contributed by atoms with van der Waals surface area (Å²) in [7, 11) is -3.30. The van der Waals surface area contributed by atoms with Crippen LogP contribution in [0.5, 0.6) is 0 Å². The highest BCUT2D eigenvalue weighted by Gasteiger charge is 2.16. The minimum atomic E-state index is -3.30. The molecule has 4 aromatic rings. The summed E-state index contributed by atoms with van der Waals surface area (Å²) in [6, 6.07) is 25.3. The van der Waals surface area contributed by atoms with Crippen LogP contribution in [-0.2, 0) is 9.84 Å². The zero-order valence-electron chi connectivity index (χ0n) is 15.9. The first-order chi connectivity index (χ1) is 14.4. The molecule has 4 rings (SSSR count). The van der Waals surface area contributed by atoms with Crippen LogP contribution in [0.15, 0.2) is 83.8 Å². The highest BCUT2D eigenvalue weighted by molar-refractivity contribution is 7.90. The predicted octanol–water partition coefficient (Wildman–Crippen LogP) is 5.13. The van der Waals surface area contributed by atoms with Gasteiger partial charge in [0.05, 0.1) is 33.6 Å². The Morgan fingerprint density at radius 1 is 0.967 bits per heavy atom. The second kappa shape index (κ2) is 7.79. The number of nitriles is 1. The predicted molar refractivity (Wildman–Crippen MR) is 117 cm³/mol. The van der Waals surface area contributed by atoms with E-state index in [2.05, 4.69) is 6.07 Å². The molecule has 7 heteroatoms. The first kappa shape index (κ1) is 19.9. The summed E-state index contributed by atoms with van der Waals surface area (Å²) in [6.07, 6.45) is 1.17. The lowest BCUT2D eigenvalue weighted by Gasteiger charge is -2.09. The molecule has 3 aromatic carbocycles. The number of benzene rings is 3. The summed E-state index contributed by atoms with van der Waals surface area (Å²) in [5, 5.41) is 14.9.